The Kier molecular flexibility index (Phi) is 5.51. The number of fused-ring (bicyclic) bond motifs is 1. The number of carbonyl (C=O) groups is 2. The van der Waals surface area contributed by atoms with Gasteiger partial charge >= 0.3 is 0 Å². The average Bonchev–Trinajstić information content (AvgIpc) is 2.61. The van der Waals surface area contributed by atoms with Crippen molar-refractivity contribution >= 4 is 45.1 Å². The molecule has 0 atom stereocenters. The minimum absolute atomic E-state index is 0.0368. The van der Waals surface area contributed by atoms with Crippen molar-refractivity contribution in [1.82, 2.24) is 4.98 Å². The maximum Gasteiger partial charge on any atom is 0.234 e. The molecule has 0 saturated heterocycles. The van der Waals surface area contributed by atoms with E-state index in [-0.39, 0.29) is 17.4 Å². The fourth-order valence-corrected chi connectivity index (χ4v) is 3.61. The van der Waals surface area contributed by atoms with E-state index in [1.54, 1.807) is 18.2 Å². The Balaban J connectivity index is 1.70. The summed E-state index contributed by atoms with van der Waals surface area (Å²) in [6, 6.07) is 11.0. The number of nitriles is 1. The summed E-state index contributed by atoms with van der Waals surface area (Å²) in [5.41, 5.74) is 2.33. The molecule has 1 aliphatic rings. The molecule has 1 aromatic heterocycles. The summed E-state index contributed by atoms with van der Waals surface area (Å²) in [4.78, 5) is 28.5. The SMILES string of the molecule is N#Cc1cc2c(nc1SCC(=O)Nc1ccc(Br)cc1)CCCC2=O. The molecule has 126 valence electrons. The molecule has 25 heavy (non-hydrogen) atoms. The van der Waals surface area contributed by atoms with E-state index in [1.807, 2.05) is 12.1 Å². The van der Waals surface area contributed by atoms with Gasteiger partial charge in [-0.25, -0.2) is 4.98 Å². The number of hydrogen-bond acceptors (Lipinski definition) is 5. The number of aromatic nitrogens is 1. The Morgan fingerprint density at radius 3 is 2.80 bits per heavy atom. The third-order valence-electron chi connectivity index (χ3n) is 3.77. The fraction of sp³-hybridized carbons (Fsp3) is 0.222. The number of anilines is 1. The molecule has 0 bridgehead atoms. The van der Waals surface area contributed by atoms with Crippen LogP contribution in [0, 0.1) is 11.3 Å². The second-order valence-electron chi connectivity index (χ2n) is 5.57. The van der Waals surface area contributed by atoms with E-state index in [4.69, 9.17) is 0 Å². The summed E-state index contributed by atoms with van der Waals surface area (Å²) in [7, 11) is 0. The van der Waals surface area contributed by atoms with Gasteiger partial charge in [0.05, 0.1) is 17.0 Å². The van der Waals surface area contributed by atoms with Crippen molar-refractivity contribution in [1.29, 1.82) is 5.26 Å². The summed E-state index contributed by atoms with van der Waals surface area (Å²) >= 11 is 4.55. The molecule has 1 aliphatic carbocycles. The average molecular weight is 416 g/mol. The first-order valence-corrected chi connectivity index (χ1v) is 9.50. The lowest BCUT2D eigenvalue weighted by Gasteiger charge is -2.15. The predicted octanol–water partition coefficient (Wildman–Crippen LogP) is 3.97. The molecule has 1 amide bonds. The highest BCUT2D eigenvalue weighted by molar-refractivity contribution is 9.10. The Bertz CT molecular complexity index is 875. The lowest BCUT2D eigenvalue weighted by molar-refractivity contribution is -0.113. The second-order valence-corrected chi connectivity index (χ2v) is 7.45. The number of rotatable bonds is 4. The van der Waals surface area contributed by atoms with Crippen molar-refractivity contribution in [3.63, 3.8) is 0 Å². The first-order valence-electron chi connectivity index (χ1n) is 7.72. The Morgan fingerprint density at radius 1 is 1.32 bits per heavy atom. The van der Waals surface area contributed by atoms with Gasteiger partial charge in [0.1, 0.15) is 11.1 Å². The number of ketones is 1. The van der Waals surface area contributed by atoms with Gasteiger partial charge in [-0.05, 0) is 43.2 Å². The van der Waals surface area contributed by atoms with Crippen LogP contribution in [-0.2, 0) is 11.2 Å². The summed E-state index contributed by atoms with van der Waals surface area (Å²) in [6.45, 7) is 0. The second kappa shape index (κ2) is 7.81. The number of pyridine rings is 1. The number of amides is 1. The number of halogens is 1. The minimum Gasteiger partial charge on any atom is -0.325 e. The van der Waals surface area contributed by atoms with Gasteiger partial charge in [0, 0.05) is 22.1 Å². The van der Waals surface area contributed by atoms with Crippen molar-refractivity contribution in [2.24, 2.45) is 0 Å². The number of hydrogen-bond donors (Lipinski definition) is 1. The van der Waals surface area contributed by atoms with E-state index in [1.165, 1.54) is 11.8 Å². The van der Waals surface area contributed by atoms with E-state index in [0.717, 1.165) is 23.0 Å². The van der Waals surface area contributed by atoms with Crippen molar-refractivity contribution in [2.75, 3.05) is 11.1 Å². The molecule has 0 aliphatic heterocycles. The van der Waals surface area contributed by atoms with Gasteiger partial charge in [-0.15, -0.1) is 0 Å². The molecule has 0 saturated carbocycles. The molecule has 1 aromatic carbocycles. The Labute approximate surface area is 158 Å². The number of thioether (sulfide) groups is 1. The molecule has 1 heterocycles. The van der Waals surface area contributed by atoms with Gasteiger partial charge in [0.25, 0.3) is 0 Å². The van der Waals surface area contributed by atoms with Crippen LogP contribution in [-0.4, -0.2) is 22.4 Å². The normalized spacial score (nSPS) is 13.0. The molecular weight excluding hydrogens is 402 g/mol. The summed E-state index contributed by atoms with van der Waals surface area (Å²) in [5.74, 6) is 0.00591. The minimum atomic E-state index is -0.174. The van der Waals surface area contributed by atoms with Crippen LogP contribution in [0.1, 0.15) is 34.5 Å². The third-order valence-corrected chi connectivity index (χ3v) is 5.29. The van der Waals surface area contributed by atoms with Gasteiger partial charge in [0.2, 0.25) is 5.91 Å². The molecule has 3 rings (SSSR count). The van der Waals surface area contributed by atoms with Crippen LogP contribution in [0.15, 0.2) is 39.8 Å². The first-order chi connectivity index (χ1) is 12.1. The maximum atomic E-state index is 12.1. The molecule has 2 aromatic rings. The van der Waals surface area contributed by atoms with Crippen molar-refractivity contribution in [2.45, 2.75) is 24.3 Å². The van der Waals surface area contributed by atoms with Crippen LogP contribution < -0.4 is 5.32 Å². The van der Waals surface area contributed by atoms with Gasteiger partial charge in [-0.2, -0.15) is 5.26 Å². The number of benzene rings is 1. The highest BCUT2D eigenvalue weighted by atomic mass is 79.9. The lowest BCUT2D eigenvalue weighted by Crippen LogP contribution is -2.16. The van der Waals surface area contributed by atoms with E-state index >= 15 is 0 Å². The van der Waals surface area contributed by atoms with Crippen LogP contribution in [0.25, 0.3) is 0 Å². The summed E-state index contributed by atoms with van der Waals surface area (Å²) < 4.78 is 0.936. The maximum absolute atomic E-state index is 12.1. The van der Waals surface area contributed by atoms with Crippen LogP contribution in [0.4, 0.5) is 5.69 Å². The zero-order valence-electron chi connectivity index (χ0n) is 13.2. The largest absolute Gasteiger partial charge is 0.325 e. The molecule has 1 N–H and O–H groups in total. The number of aryl methyl sites for hydroxylation is 1. The number of nitrogens with zero attached hydrogens (tertiary/aromatic N) is 2. The van der Waals surface area contributed by atoms with E-state index in [2.05, 4.69) is 32.3 Å². The quantitative estimate of drug-likeness (QED) is 0.763. The van der Waals surface area contributed by atoms with Crippen LogP contribution in [0.5, 0.6) is 0 Å². The lowest BCUT2D eigenvalue weighted by atomic mass is 9.94. The van der Waals surface area contributed by atoms with Crippen molar-refractivity contribution in [3.05, 3.63) is 51.6 Å². The topological polar surface area (TPSA) is 82.8 Å². The Morgan fingerprint density at radius 2 is 2.08 bits per heavy atom. The molecule has 0 radical (unpaired) electrons. The monoisotopic (exact) mass is 415 g/mol. The smallest absolute Gasteiger partial charge is 0.234 e. The zero-order chi connectivity index (χ0) is 17.8. The number of nitrogens with one attached hydrogen (secondary N) is 1. The van der Waals surface area contributed by atoms with Gasteiger partial charge in [-0.3, -0.25) is 9.59 Å². The van der Waals surface area contributed by atoms with Crippen LogP contribution in [0.3, 0.4) is 0 Å². The molecule has 5 nitrogen and oxygen atoms in total. The summed E-state index contributed by atoms with van der Waals surface area (Å²) in [6.07, 6.45) is 2.01. The molecular formula is C18H14BrN3O2S. The van der Waals surface area contributed by atoms with E-state index < -0.39 is 0 Å². The molecule has 0 unspecified atom stereocenters. The Hall–Kier alpha value is -2.17. The van der Waals surface area contributed by atoms with E-state index in [0.29, 0.717) is 28.3 Å². The van der Waals surface area contributed by atoms with Gasteiger partial charge in [-0.1, -0.05) is 27.7 Å². The van der Waals surface area contributed by atoms with Crippen LogP contribution >= 0.6 is 27.7 Å². The third kappa shape index (κ3) is 4.27. The highest BCUT2D eigenvalue weighted by Gasteiger charge is 2.21. The number of carbonyl (C=O) groups excluding carboxylic acids is 2. The molecule has 0 fully saturated rings. The predicted molar refractivity (Wildman–Crippen MR) is 99.7 cm³/mol. The highest BCUT2D eigenvalue weighted by Crippen LogP contribution is 2.27. The summed E-state index contributed by atoms with van der Waals surface area (Å²) in [5, 5.41) is 12.6. The standard InChI is InChI=1S/C18H14BrN3O2S/c19-12-4-6-13(7-5-12)21-17(24)10-25-18-11(9-20)8-14-15(22-18)2-1-3-16(14)23/h4-8H,1-3,10H2,(H,21,24). The zero-order valence-corrected chi connectivity index (χ0v) is 15.6. The van der Waals surface area contributed by atoms with Crippen LogP contribution in [0.2, 0.25) is 0 Å². The molecule has 0 spiro atoms. The van der Waals surface area contributed by atoms with Crippen molar-refractivity contribution < 1.29 is 9.59 Å². The first kappa shape index (κ1) is 17.6. The molecule has 7 heteroatoms. The van der Waals surface area contributed by atoms with Crippen molar-refractivity contribution in [3.8, 4) is 6.07 Å². The van der Waals surface area contributed by atoms with Gasteiger partial charge < -0.3 is 5.32 Å². The van der Waals surface area contributed by atoms with Gasteiger partial charge in [0.15, 0.2) is 5.78 Å². The fourth-order valence-electron chi connectivity index (χ4n) is 2.57. The number of Topliss-reactive ketones (excluding diaryl/α,β-unsaturated/α-hetero) is 1. The van der Waals surface area contributed by atoms with E-state index in [9.17, 15) is 14.9 Å².